The van der Waals surface area contributed by atoms with Crippen molar-refractivity contribution in [3.8, 4) is 0 Å². The zero-order valence-corrected chi connectivity index (χ0v) is 10.5. The lowest BCUT2D eigenvalue weighted by Crippen LogP contribution is -2.34. The van der Waals surface area contributed by atoms with E-state index in [1.54, 1.807) is 6.20 Å². The molecular formula is C12H13ClN4O. The van der Waals surface area contributed by atoms with Gasteiger partial charge in [-0.3, -0.25) is 0 Å². The molecule has 0 saturated heterocycles. The zero-order chi connectivity index (χ0) is 12.5. The minimum atomic E-state index is -0.0726. The molecule has 0 aliphatic carbocycles. The number of halogens is 1. The van der Waals surface area contributed by atoms with Crippen LogP contribution in [0.2, 0.25) is 5.02 Å². The third-order valence-corrected chi connectivity index (χ3v) is 3.50. The Balaban J connectivity index is 1.88. The molecule has 0 atom stereocenters. The summed E-state index contributed by atoms with van der Waals surface area (Å²) in [6.45, 7) is 2.43. The highest BCUT2D eigenvalue weighted by atomic mass is 35.5. The Labute approximate surface area is 110 Å². The third kappa shape index (κ3) is 1.95. The Hall–Kier alpha value is -1.59. The number of aliphatic hydroxyl groups is 1. The first kappa shape index (κ1) is 11.5. The fourth-order valence-corrected chi connectivity index (χ4v) is 2.29. The third-order valence-electron chi connectivity index (χ3n) is 3.16. The number of aromatic nitrogens is 3. The summed E-state index contributed by atoms with van der Waals surface area (Å²) in [5, 5.41) is 9.72. The number of hydrogen-bond acceptors (Lipinski definition) is 4. The van der Waals surface area contributed by atoms with Crippen molar-refractivity contribution in [2.24, 2.45) is 0 Å². The maximum atomic E-state index is 9.22. The molecule has 0 fully saturated rings. The van der Waals surface area contributed by atoms with Gasteiger partial charge in [0.05, 0.1) is 18.2 Å². The van der Waals surface area contributed by atoms with Crippen LogP contribution < -0.4 is 4.90 Å². The van der Waals surface area contributed by atoms with Gasteiger partial charge in [0.2, 0.25) is 0 Å². The van der Waals surface area contributed by atoms with Gasteiger partial charge in [-0.15, -0.1) is 0 Å². The molecule has 0 spiro atoms. The molecule has 6 heteroatoms. The minimum absolute atomic E-state index is 0.0726. The van der Waals surface area contributed by atoms with Crippen LogP contribution in [0.4, 0.5) is 5.82 Å². The maximum absolute atomic E-state index is 9.22. The van der Waals surface area contributed by atoms with Crippen molar-refractivity contribution in [1.29, 1.82) is 0 Å². The molecule has 1 N–H and O–H groups in total. The van der Waals surface area contributed by atoms with Crippen LogP contribution in [0.1, 0.15) is 11.4 Å². The van der Waals surface area contributed by atoms with E-state index in [0.717, 1.165) is 31.3 Å². The first-order valence-corrected chi connectivity index (χ1v) is 6.16. The first-order valence-electron chi connectivity index (χ1n) is 5.78. The van der Waals surface area contributed by atoms with Crippen LogP contribution in [0.5, 0.6) is 0 Å². The largest absolute Gasteiger partial charge is 0.392 e. The summed E-state index contributed by atoms with van der Waals surface area (Å²) in [6.07, 6.45) is 5.39. The van der Waals surface area contributed by atoms with Crippen molar-refractivity contribution in [3.63, 3.8) is 0 Å². The summed E-state index contributed by atoms with van der Waals surface area (Å²) in [5.74, 6) is 1.86. The van der Waals surface area contributed by atoms with Gasteiger partial charge in [-0.25, -0.2) is 9.97 Å². The summed E-state index contributed by atoms with van der Waals surface area (Å²) in [5.41, 5.74) is 0.704. The molecule has 1 aliphatic heterocycles. The summed E-state index contributed by atoms with van der Waals surface area (Å²) in [6, 6.07) is 1.83. The van der Waals surface area contributed by atoms with Crippen LogP contribution in [-0.4, -0.2) is 26.2 Å². The second kappa shape index (κ2) is 4.59. The fraction of sp³-hybridized carbons (Fsp3) is 0.333. The van der Waals surface area contributed by atoms with Crippen LogP contribution in [-0.2, 0) is 19.7 Å². The number of imidazole rings is 1. The van der Waals surface area contributed by atoms with E-state index in [-0.39, 0.29) is 6.61 Å². The molecule has 0 unspecified atom stereocenters. The predicted molar refractivity (Wildman–Crippen MR) is 68.4 cm³/mol. The minimum Gasteiger partial charge on any atom is -0.392 e. The van der Waals surface area contributed by atoms with Gasteiger partial charge in [-0.1, -0.05) is 11.6 Å². The first-order chi connectivity index (χ1) is 8.78. The zero-order valence-electron chi connectivity index (χ0n) is 9.75. The van der Waals surface area contributed by atoms with Gasteiger partial charge < -0.3 is 14.6 Å². The number of hydrogen-bond donors (Lipinski definition) is 1. The van der Waals surface area contributed by atoms with E-state index >= 15 is 0 Å². The van der Waals surface area contributed by atoms with E-state index in [0.29, 0.717) is 10.6 Å². The van der Waals surface area contributed by atoms with E-state index in [1.165, 1.54) is 0 Å². The second-order valence-corrected chi connectivity index (χ2v) is 4.66. The van der Waals surface area contributed by atoms with Gasteiger partial charge in [0.25, 0.3) is 0 Å². The highest BCUT2D eigenvalue weighted by Gasteiger charge is 2.18. The van der Waals surface area contributed by atoms with Crippen molar-refractivity contribution in [1.82, 2.24) is 14.5 Å². The van der Waals surface area contributed by atoms with Crippen LogP contribution in [0.25, 0.3) is 0 Å². The molecule has 0 aromatic carbocycles. The maximum Gasteiger partial charge on any atom is 0.129 e. The van der Waals surface area contributed by atoms with Crippen molar-refractivity contribution in [3.05, 3.63) is 41.1 Å². The molecule has 2 aromatic heterocycles. The van der Waals surface area contributed by atoms with Gasteiger partial charge in [0.15, 0.2) is 0 Å². The van der Waals surface area contributed by atoms with Crippen molar-refractivity contribution in [2.75, 3.05) is 11.4 Å². The quantitative estimate of drug-likeness (QED) is 0.892. The molecule has 94 valence electrons. The Bertz CT molecular complexity index is 569. The molecule has 18 heavy (non-hydrogen) atoms. The van der Waals surface area contributed by atoms with Gasteiger partial charge in [0.1, 0.15) is 11.6 Å². The van der Waals surface area contributed by atoms with Crippen LogP contribution in [0.15, 0.2) is 24.7 Å². The van der Waals surface area contributed by atoms with Gasteiger partial charge >= 0.3 is 0 Å². The van der Waals surface area contributed by atoms with Crippen molar-refractivity contribution >= 4 is 17.4 Å². The van der Waals surface area contributed by atoms with E-state index in [2.05, 4.69) is 19.4 Å². The Kier molecular flexibility index (Phi) is 2.93. The molecule has 0 saturated carbocycles. The van der Waals surface area contributed by atoms with Crippen molar-refractivity contribution in [2.45, 2.75) is 19.7 Å². The molecule has 2 aromatic rings. The molecule has 1 aliphatic rings. The predicted octanol–water partition coefficient (Wildman–Crippen LogP) is 1.44. The monoisotopic (exact) mass is 264 g/mol. The van der Waals surface area contributed by atoms with E-state index in [1.807, 2.05) is 18.5 Å². The molecular weight excluding hydrogens is 252 g/mol. The Morgan fingerprint density at radius 2 is 2.22 bits per heavy atom. The van der Waals surface area contributed by atoms with Gasteiger partial charge in [-0.2, -0.15) is 0 Å². The molecule has 0 bridgehead atoms. The Morgan fingerprint density at radius 1 is 1.33 bits per heavy atom. The lowest BCUT2D eigenvalue weighted by molar-refractivity contribution is 0.282. The van der Waals surface area contributed by atoms with Gasteiger partial charge in [0, 0.05) is 37.2 Å². The average molecular weight is 265 g/mol. The summed E-state index contributed by atoms with van der Waals surface area (Å²) in [7, 11) is 0. The smallest absolute Gasteiger partial charge is 0.129 e. The van der Waals surface area contributed by atoms with Crippen molar-refractivity contribution < 1.29 is 5.11 Å². The lowest BCUT2D eigenvalue weighted by atomic mass is 10.2. The summed E-state index contributed by atoms with van der Waals surface area (Å²) < 4.78 is 2.14. The Morgan fingerprint density at radius 3 is 3.06 bits per heavy atom. The molecule has 0 radical (unpaired) electrons. The van der Waals surface area contributed by atoms with E-state index in [9.17, 15) is 5.11 Å². The standard InChI is InChI=1S/C12H13ClN4O/c13-10-6-15-11(5-9(10)8-18)17-4-3-16-2-1-14-12(16)7-17/h1-2,5-6,18H,3-4,7-8H2. The number of aliphatic hydroxyl groups excluding tert-OH is 1. The number of rotatable bonds is 2. The summed E-state index contributed by atoms with van der Waals surface area (Å²) in [4.78, 5) is 10.8. The highest BCUT2D eigenvalue weighted by Crippen LogP contribution is 2.23. The molecule has 3 heterocycles. The van der Waals surface area contributed by atoms with E-state index in [4.69, 9.17) is 11.6 Å². The van der Waals surface area contributed by atoms with Crippen LogP contribution >= 0.6 is 11.6 Å². The fourth-order valence-electron chi connectivity index (χ4n) is 2.13. The van der Waals surface area contributed by atoms with Gasteiger partial charge in [-0.05, 0) is 6.07 Å². The lowest BCUT2D eigenvalue weighted by Gasteiger charge is -2.28. The van der Waals surface area contributed by atoms with Crippen LogP contribution in [0.3, 0.4) is 0 Å². The number of anilines is 1. The summed E-state index contributed by atoms with van der Waals surface area (Å²) >= 11 is 5.94. The highest BCUT2D eigenvalue weighted by molar-refractivity contribution is 6.31. The topological polar surface area (TPSA) is 54.2 Å². The van der Waals surface area contributed by atoms with E-state index < -0.39 is 0 Å². The number of pyridine rings is 1. The molecule has 5 nitrogen and oxygen atoms in total. The van der Waals surface area contributed by atoms with Crippen LogP contribution in [0, 0.1) is 0 Å². The SMILES string of the molecule is OCc1cc(N2CCn3ccnc3C2)ncc1Cl. The molecule has 0 amide bonds. The second-order valence-electron chi connectivity index (χ2n) is 4.25. The number of nitrogens with zero attached hydrogens (tertiary/aromatic N) is 4. The molecule has 3 rings (SSSR count). The number of fused-ring (bicyclic) bond motifs is 1. The average Bonchev–Trinajstić information content (AvgIpc) is 2.86. The normalized spacial score (nSPS) is 14.7.